The van der Waals surface area contributed by atoms with E-state index in [9.17, 15) is 13.5 Å². The van der Waals surface area contributed by atoms with Gasteiger partial charge in [0, 0.05) is 5.56 Å². The molecule has 1 aromatic rings. The molecule has 0 aliphatic carbocycles. The molecule has 4 nitrogen and oxygen atoms in total. The Labute approximate surface area is 82.9 Å². The van der Waals surface area contributed by atoms with Gasteiger partial charge < -0.3 is 5.11 Å². The van der Waals surface area contributed by atoms with Crippen LogP contribution in [0.3, 0.4) is 0 Å². The number of aryl methyl sites for hydroxylation is 1. The lowest BCUT2D eigenvalue weighted by atomic mass is 10.1. The van der Waals surface area contributed by atoms with Crippen LogP contribution < -0.4 is 0 Å². The van der Waals surface area contributed by atoms with Crippen molar-refractivity contribution in [1.29, 1.82) is 0 Å². The second-order valence-electron chi connectivity index (χ2n) is 3.19. The van der Waals surface area contributed by atoms with E-state index in [-0.39, 0.29) is 10.5 Å². The minimum Gasteiger partial charge on any atom is -0.389 e. The Hall–Kier alpha value is -0.910. The van der Waals surface area contributed by atoms with Crippen LogP contribution in [0.15, 0.2) is 23.1 Å². The van der Waals surface area contributed by atoms with Gasteiger partial charge in [0.2, 0.25) is 0 Å². The molecule has 0 spiro atoms. The zero-order valence-electron chi connectivity index (χ0n) is 7.93. The molecule has 1 atom stereocenters. The monoisotopic (exact) mass is 216 g/mol. The van der Waals surface area contributed by atoms with Crippen LogP contribution in [-0.2, 0) is 10.1 Å². The molecule has 14 heavy (non-hydrogen) atoms. The SMILES string of the molecule is Cc1ccc(S(=O)(=O)O)c(C(C)O)c1. The van der Waals surface area contributed by atoms with Crippen molar-refractivity contribution in [2.24, 2.45) is 0 Å². The Morgan fingerprint density at radius 1 is 1.36 bits per heavy atom. The van der Waals surface area contributed by atoms with Gasteiger partial charge in [-0.1, -0.05) is 17.7 Å². The van der Waals surface area contributed by atoms with Crippen LogP contribution in [0.4, 0.5) is 0 Å². The van der Waals surface area contributed by atoms with Crippen LogP contribution in [-0.4, -0.2) is 18.1 Å². The average molecular weight is 216 g/mol. The molecule has 1 aromatic carbocycles. The van der Waals surface area contributed by atoms with Crippen LogP contribution in [0.5, 0.6) is 0 Å². The lowest BCUT2D eigenvalue weighted by Gasteiger charge is -2.10. The van der Waals surface area contributed by atoms with Gasteiger partial charge in [0.1, 0.15) is 0 Å². The molecular weight excluding hydrogens is 204 g/mol. The van der Waals surface area contributed by atoms with E-state index in [0.717, 1.165) is 5.56 Å². The Kier molecular flexibility index (Phi) is 2.94. The molecule has 0 aromatic heterocycles. The van der Waals surface area contributed by atoms with Crippen LogP contribution in [0.1, 0.15) is 24.2 Å². The van der Waals surface area contributed by atoms with Crippen molar-refractivity contribution in [2.45, 2.75) is 24.8 Å². The Balaban J connectivity index is 3.45. The summed E-state index contributed by atoms with van der Waals surface area (Å²) in [6.45, 7) is 3.23. The van der Waals surface area contributed by atoms with Crippen molar-refractivity contribution < 1.29 is 18.1 Å². The molecule has 2 N–H and O–H groups in total. The van der Waals surface area contributed by atoms with E-state index < -0.39 is 16.2 Å². The van der Waals surface area contributed by atoms with E-state index in [4.69, 9.17) is 4.55 Å². The van der Waals surface area contributed by atoms with Crippen LogP contribution in [0, 0.1) is 6.92 Å². The predicted molar refractivity (Wildman–Crippen MR) is 51.6 cm³/mol. The van der Waals surface area contributed by atoms with Crippen molar-refractivity contribution in [3.05, 3.63) is 29.3 Å². The molecule has 1 rings (SSSR count). The highest BCUT2D eigenvalue weighted by Crippen LogP contribution is 2.23. The molecule has 0 fully saturated rings. The van der Waals surface area contributed by atoms with Crippen molar-refractivity contribution in [3.8, 4) is 0 Å². The van der Waals surface area contributed by atoms with Gasteiger partial charge in [-0.3, -0.25) is 4.55 Å². The molecule has 0 heterocycles. The lowest BCUT2D eigenvalue weighted by Crippen LogP contribution is -2.05. The molecule has 0 aliphatic heterocycles. The van der Waals surface area contributed by atoms with Crippen molar-refractivity contribution in [3.63, 3.8) is 0 Å². The standard InChI is InChI=1S/C9H12O4S/c1-6-3-4-9(14(11,12)13)8(5-6)7(2)10/h3-5,7,10H,1-2H3,(H,11,12,13). The van der Waals surface area contributed by atoms with E-state index in [1.165, 1.54) is 19.1 Å². The molecule has 5 heteroatoms. The topological polar surface area (TPSA) is 74.6 Å². The second-order valence-corrected chi connectivity index (χ2v) is 4.58. The number of hydrogen-bond acceptors (Lipinski definition) is 3. The highest BCUT2D eigenvalue weighted by Gasteiger charge is 2.17. The summed E-state index contributed by atoms with van der Waals surface area (Å²) in [5.41, 5.74) is 1.04. The van der Waals surface area contributed by atoms with Crippen LogP contribution in [0.25, 0.3) is 0 Å². The van der Waals surface area contributed by atoms with Gasteiger partial charge in [-0.15, -0.1) is 0 Å². The zero-order chi connectivity index (χ0) is 10.9. The Morgan fingerprint density at radius 3 is 2.36 bits per heavy atom. The molecule has 0 amide bonds. The van der Waals surface area contributed by atoms with Gasteiger partial charge in [0.15, 0.2) is 0 Å². The highest BCUT2D eigenvalue weighted by molar-refractivity contribution is 7.85. The summed E-state index contributed by atoms with van der Waals surface area (Å²) in [6.07, 6.45) is -0.924. The summed E-state index contributed by atoms with van der Waals surface area (Å²) in [7, 11) is -4.26. The Morgan fingerprint density at radius 2 is 1.93 bits per heavy atom. The molecule has 0 radical (unpaired) electrons. The van der Waals surface area contributed by atoms with Crippen LogP contribution >= 0.6 is 0 Å². The van der Waals surface area contributed by atoms with E-state index in [0.29, 0.717) is 0 Å². The summed E-state index contributed by atoms with van der Waals surface area (Å²) < 4.78 is 30.7. The smallest absolute Gasteiger partial charge is 0.294 e. The van der Waals surface area contributed by atoms with Gasteiger partial charge in [0.25, 0.3) is 10.1 Å². The molecule has 0 bridgehead atoms. The number of rotatable bonds is 2. The number of aliphatic hydroxyl groups excluding tert-OH is 1. The van der Waals surface area contributed by atoms with Crippen molar-refractivity contribution in [2.75, 3.05) is 0 Å². The van der Waals surface area contributed by atoms with Gasteiger partial charge in [-0.25, -0.2) is 0 Å². The van der Waals surface area contributed by atoms with Crippen molar-refractivity contribution in [1.82, 2.24) is 0 Å². The molecule has 1 unspecified atom stereocenters. The fourth-order valence-corrected chi connectivity index (χ4v) is 2.00. The predicted octanol–water partition coefficient (Wildman–Crippen LogP) is 1.30. The largest absolute Gasteiger partial charge is 0.389 e. The fraction of sp³-hybridized carbons (Fsp3) is 0.333. The van der Waals surface area contributed by atoms with Crippen molar-refractivity contribution >= 4 is 10.1 Å². The summed E-state index contributed by atoms with van der Waals surface area (Å²) >= 11 is 0. The minimum atomic E-state index is -4.26. The molecular formula is C9H12O4S. The molecule has 0 saturated heterocycles. The van der Waals surface area contributed by atoms with E-state index in [1.54, 1.807) is 13.0 Å². The summed E-state index contributed by atoms with van der Waals surface area (Å²) in [4.78, 5) is -0.238. The van der Waals surface area contributed by atoms with E-state index in [2.05, 4.69) is 0 Å². The molecule has 0 aliphatic rings. The van der Waals surface area contributed by atoms with E-state index in [1.807, 2.05) is 0 Å². The maximum Gasteiger partial charge on any atom is 0.294 e. The third kappa shape index (κ3) is 2.31. The third-order valence-corrected chi connectivity index (χ3v) is 2.82. The molecule has 0 saturated carbocycles. The average Bonchev–Trinajstić information content (AvgIpc) is 2.01. The third-order valence-electron chi connectivity index (χ3n) is 1.89. The van der Waals surface area contributed by atoms with Gasteiger partial charge in [-0.05, 0) is 19.9 Å². The first kappa shape index (κ1) is 11.2. The molecule has 78 valence electrons. The van der Waals surface area contributed by atoms with Crippen LogP contribution in [0.2, 0.25) is 0 Å². The van der Waals surface area contributed by atoms with Gasteiger partial charge >= 0.3 is 0 Å². The zero-order valence-corrected chi connectivity index (χ0v) is 8.75. The van der Waals surface area contributed by atoms with Gasteiger partial charge in [0.05, 0.1) is 11.0 Å². The number of aliphatic hydroxyl groups is 1. The number of hydrogen-bond donors (Lipinski definition) is 2. The number of benzene rings is 1. The summed E-state index contributed by atoms with van der Waals surface area (Å²) in [5, 5.41) is 9.32. The summed E-state index contributed by atoms with van der Waals surface area (Å²) in [5.74, 6) is 0. The first-order chi connectivity index (χ1) is 6.32. The maximum atomic E-state index is 10.9. The lowest BCUT2D eigenvalue weighted by molar-refractivity contribution is 0.195. The normalized spacial score (nSPS) is 14.0. The maximum absolute atomic E-state index is 10.9. The fourth-order valence-electron chi connectivity index (χ4n) is 1.23. The Bertz CT molecular complexity index is 434. The van der Waals surface area contributed by atoms with Gasteiger partial charge in [-0.2, -0.15) is 8.42 Å². The summed E-state index contributed by atoms with van der Waals surface area (Å²) in [6, 6.07) is 4.38. The quantitative estimate of drug-likeness (QED) is 0.730. The second kappa shape index (κ2) is 3.68. The highest BCUT2D eigenvalue weighted by atomic mass is 32.2. The van der Waals surface area contributed by atoms with E-state index >= 15 is 0 Å². The first-order valence-corrected chi connectivity index (χ1v) is 5.52. The minimum absolute atomic E-state index is 0.215. The first-order valence-electron chi connectivity index (χ1n) is 4.08.